The van der Waals surface area contributed by atoms with Crippen molar-refractivity contribution in [3.63, 3.8) is 0 Å². The van der Waals surface area contributed by atoms with Crippen LogP contribution in [0.3, 0.4) is 0 Å². The summed E-state index contributed by atoms with van der Waals surface area (Å²) in [6.07, 6.45) is 3.36. The number of aromatic amines is 1. The van der Waals surface area contributed by atoms with Gasteiger partial charge in [-0.05, 0) is 24.3 Å². The van der Waals surface area contributed by atoms with Crippen molar-refractivity contribution in [3.8, 4) is 17.1 Å². The summed E-state index contributed by atoms with van der Waals surface area (Å²) >= 11 is 0. The van der Waals surface area contributed by atoms with Gasteiger partial charge in [-0.2, -0.15) is 5.10 Å². The number of urea groups is 1. The van der Waals surface area contributed by atoms with Gasteiger partial charge in [0, 0.05) is 29.7 Å². The molecule has 0 atom stereocenters. The molecule has 8 heteroatoms. The molecule has 0 unspecified atom stereocenters. The lowest BCUT2D eigenvalue weighted by Gasteiger charge is -2.07. The first-order valence-electron chi connectivity index (χ1n) is 7.25. The Morgan fingerprint density at radius 1 is 1.29 bits per heavy atom. The Hall–Kier alpha value is -3.42. The molecule has 3 rings (SSSR count). The summed E-state index contributed by atoms with van der Waals surface area (Å²) in [6, 6.07) is 10.4. The van der Waals surface area contributed by atoms with E-state index >= 15 is 0 Å². The van der Waals surface area contributed by atoms with E-state index in [0.717, 1.165) is 5.56 Å². The summed E-state index contributed by atoms with van der Waals surface area (Å²) in [5, 5.41) is 12.3. The number of anilines is 1. The summed E-state index contributed by atoms with van der Waals surface area (Å²) < 4.78 is 5.11. The minimum absolute atomic E-state index is 0.225. The monoisotopic (exact) mass is 324 g/mol. The number of hydrogen-bond acceptors (Lipinski definition) is 5. The minimum atomic E-state index is -0.345. The molecule has 0 spiro atoms. The smallest absolute Gasteiger partial charge is 0.319 e. The Balaban J connectivity index is 1.56. The highest BCUT2D eigenvalue weighted by Crippen LogP contribution is 2.16. The lowest BCUT2D eigenvalue weighted by atomic mass is 10.3. The van der Waals surface area contributed by atoms with Gasteiger partial charge in [-0.3, -0.25) is 10.1 Å². The zero-order valence-electron chi connectivity index (χ0n) is 13.0. The Morgan fingerprint density at radius 2 is 2.21 bits per heavy atom. The second-order valence-corrected chi connectivity index (χ2v) is 4.89. The van der Waals surface area contributed by atoms with Gasteiger partial charge in [0.2, 0.25) is 0 Å². The fourth-order valence-electron chi connectivity index (χ4n) is 2.04. The van der Waals surface area contributed by atoms with Gasteiger partial charge in [-0.25, -0.2) is 9.78 Å². The topological polar surface area (TPSA) is 105 Å². The second kappa shape index (κ2) is 7.23. The van der Waals surface area contributed by atoms with E-state index in [4.69, 9.17) is 4.74 Å². The molecule has 0 saturated carbocycles. The van der Waals surface area contributed by atoms with Gasteiger partial charge in [0.15, 0.2) is 5.82 Å². The van der Waals surface area contributed by atoms with Gasteiger partial charge in [0.1, 0.15) is 11.6 Å². The predicted octanol–water partition coefficient (Wildman–Crippen LogP) is 2.20. The molecule has 122 valence electrons. The molecule has 3 N–H and O–H groups in total. The summed E-state index contributed by atoms with van der Waals surface area (Å²) in [6.45, 7) is 0.225. The normalized spacial score (nSPS) is 10.2. The third kappa shape index (κ3) is 3.86. The number of carbonyl (C=O) groups excluding carboxylic acids is 1. The maximum Gasteiger partial charge on any atom is 0.319 e. The molecule has 2 aromatic heterocycles. The molecule has 2 heterocycles. The van der Waals surface area contributed by atoms with E-state index < -0.39 is 0 Å². The molecule has 2 amide bonds. The van der Waals surface area contributed by atoms with Gasteiger partial charge in [-0.15, -0.1) is 0 Å². The first-order chi connectivity index (χ1) is 11.7. The standard InChI is InChI=1S/C16H16N6O2/c1-24-13-6-2-5-12(8-13)19-16(23)18-10-14-20-15(22-21-14)11-4-3-7-17-9-11/h2-9H,10H2,1H3,(H2,18,19,23)(H,20,21,22). The number of hydrogen-bond donors (Lipinski definition) is 3. The van der Waals surface area contributed by atoms with Crippen LogP contribution in [0.1, 0.15) is 5.82 Å². The fraction of sp³-hybridized carbons (Fsp3) is 0.125. The highest BCUT2D eigenvalue weighted by molar-refractivity contribution is 5.89. The number of pyridine rings is 1. The minimum Gasteiger partial charge on any atom is -0.497 e. The highest BCUT2D eigenvalue weighted by atomic mass is 16.5. The molecule has 8 nitrogen and oxygen atoms in total. The molecule has 0 aliphatic rings. The summed E-state index contributed by atoms with van der Waals surface area (Å²) in [7, 11) is 1.57. The Morgan fingerprint density at radius 3 is 3.00 bits per heavy atom. The third-order valence-electron chi connectivity index (χ3n) is 3.20. The number of H-pyrrole nitrogens is 1. The van der Waals surface area contributed by atoms with E-state index in [1.807, 2.05) is 12.1 Å². The van der Waals surface area contributed by atoms with Crippen molar-refractivity contribution in [2.45, 2.75) is 6.54 Å². The van der Waals surface area contributed by atoms with Crippen LogP contribution in [-0.2, 0) is 6.54 Å². The van der Waals surface area contributed by atoms with Gasteiger partial charge < -0.3 is 15.4 Å². The molecule has 0 aliphatic heterocycles. The molecule has 1 aromatic carbocycles. The highest BCUT2D eigenvalue weighted by Gasteiger charge is 2.08. The average Bonchev–Trinajstić information content (AvgIpc) is 3.10. The first-order valence-corrected chi connectivity index (χ1v) is 7.25. The number of methoxy groups -OCH3 is 1. The SMILES string of the molecule is COc1cccc(NC(=O)NCc2nc(-c3cccnc3)n[nH]2)c1. The van der Waals surface area contributed by atoms with E-state index in [1.54, 1.807) is 43.8 Å². The van der Waals surface area contributed by atoms with Gasteiger partial charge in [0.25, 0.3) is 0 Å². The van der Waals surface area contributed by atoms with Crippen LogP contribution in [0.4, 0.5) is 10.5 Å². The zero-order valence-corrected chi connectivity index (χ0v) is 13.0. The number of amides is 2. The number of rotatable bonds is 5. The Kier molecular flexibility index (Phi) is 4.66. The van der Waals surface area contributed by atoms with Crippen molar-refractivity contribution in [2.75, 3.05) is 12.4 Å². The van der Waals surface area contributed by atoms with Crippen molar-refractivity contribution in [1.82, 2.24) is 25.5 Å². The van der Waals surface area contributed by atoms with Gasteiger partial charge in [0.05, 0.1) is 13.7 Å². The summed E-state index contributed by atoms with van der Waals surface area (Å²) in [5.74, 6) is 1.76. The zero-order chi connectivity index (χ0) is 16.8. The molecular formula is C16H16N6O2. The number of benzene rings is 1. The van der Waals surface area contributed by atoms with Crippen LogP contribution in [0.2, 0.25) is 0 Å². The number of nitrogens with zero attached hydrogens (tertiary/aromatic N) is 3. The predicted molar refractivity (Wildman–Crippen MR) is 88.5 cm³/mol. The van der Waals surface area contributed by atoms with Gasteiger partial charge >= 0.3 is 6.03 Å². The summed E-state index contributed by atoms with van der Waals surface area (Å²) in [5.41, 5.74) is 1.45. The van der Waals surface area contributed by atoms with E-state index in [0.29, 0.717) is 23.1 Å². The maximum absolute atomic E-state index is 11.9. The molecule has 0 saturated heterocycles. The van der Waals surface area contributed by atoms with Crippen LogP contribution in [0.25, 0.3) is 11.4 Å². The maximum atomic E-state index is 11.9. The van der Waals surface area contributed by atoms with Crippen molar-refractivity contribution < 1.29 is 9.53 Å². The molecule has 3 aromatic rings. The molecule has 0 aliphatic carbocycles. The number of carbonyl (C=O) groups is 1. The van der Waals surface area contributed by atoms with Crippen LogP contribution < -0.4 is 15.4 Å². The van der Waals surface area contributed by atoms with Crippen molar-refractivity contribution in [3.05, 3.63) is 54.6 Å². The molecular weight excluding hydrogens is 308 g/mol. The van der Waals surface area contributed by atoms with Crippen LogP contribution >= 0.6 is 0 Å². The van der Waals surface area contributed by atoms with Crippen molar-refractivity contribution in [1.29, 1.82) is 0 Å². The van der Waals surface area contributed by atoms with E-state index in [-0.39, 0.29) is 12.6 Å². The number of ether oxygens (including phenoxy) is 1. The van der Waals surface area contributed by atoms with Crippen LogP contribution in [0.5, 0.6) is 5.75 Å². The largest absolute Gasteiger partial charge is 0.497 e. The van der Waals surface area contributed by atoms with Crippen molar-refractivity contribution >= 4 is 11.7 Å². The van der Waals surface area contributed by atoms with Crippen molar-refractivity contribution in [2.24, 2.45) is 0 Å². The van der Waals surface area contributed by atoms with E-state index in [9.17, 15) is 4.79 Å². The Bertz CT molecular complexity index is 818. The summed E-state index contributed by atoms with van der Waals surface area (Å²) in [4.78, 5) is 20.3. The third-order valence-corrected chi connectivity index (χ3v) is 3.20. The lowest BCUT2D eigenvalue weighted by molar-refractivity contribution is 0.251. The quantitative estimate of drug-likeness (QED) is 0.667. The van der Waals surface area contributed by atoms with E-state index in [1.165, 1.54) is 0 Å². The second-order valence-electron chi connectivity index (χ2n) is 4.89. The number of nitrogens with one attached hydrogen (secondary N) is 3. The van der Waals surface area contributed by atoms with Crippen LogP contribution in [0, 0.1) is 0 Å². The first kappa shape index (κ1) is 15.5. The Labute approximate surface area is 138 Å². The number of aromatic nitrogens is 4. The fourth-order valence-corrected chi connectivity index (χ4v) is 2.04. The molecule has 0 radical (unpaired) electrons. The lowest BCUT2D eigenvalue weighted by Crippen LogP contribution is -2.28. The average molecular weight is 324 g/mol. The van der Waals surface area contributed by atoms with E-state index in [2.05, 4.69) is 30.8 Å². The van der Waals surface area contributed by atoms with Gasteiger partial charge in [-0.1, -0.05) is 6.07 Å². The molecule has 0 fully saturated rings. The molecule has 24 heavy (non-hydrogen) atoms. The van der Waals surface area contributed by atoms with Crippen LogP contribution in [0.15, 0.2) is 48.8 Å². The molecule has 0 bridgehead atoms. The van der Waals surface area contributed by atoms with Crippen LogP contribution in [-0.4, -0.2) is 33.3 Å².